The predicted molar refractivity (Wildman–Crippen MR) is 79.4 cm³/mol. The highest BCUT2D eigenvalue weighted by atomic mass is 19.1. The number of benzene rings is 2. The zero-order chi connectivity index (χ0) is 15.2. The second kappa shape index (κ2) is 6.85. The van der Waals surface area contributed by atoms with E-state index < -0.39 is 5.91 Å². The summed E-state index contributed by atoms with van der Waals surface area (Å²) in [7, 11) is 1.63. The number of hydrogen-bond donors (Lipinski definition) is 2. The smallest absolute Gasteiger partial charge is 0.248 e. The van der Waals surface area contributed by atoms with Crippen molar-refractivity contribution in [3.63, 3.8) is 0 Å². The molecule has 0 spiro atoms. The maximum absolute atomic E-state index is 13.7. The van der Waals surface area contributed by atoms with Crippen LogP contribution in [0.3, 0.4) is 0 Å². The molecule has 2 aromatic carbocycles. The molecule has 0 aliphatic rings. The Morgan fingerprint density at radius 1 is 1.29 bits per heavy atom. The summed E-state index contributed by atoms with van der Waals surface area (Å²) in [6.45, 7) is 0.782. The first-order chi connectivity index (χ1) is 10.1. The fourth-order valence-corrected chi connectivity index (χ4v) is 2.00. The molecule has 110 valence electrons. The van der Waals surface area contributed by atoms with Crippen LogP contribution in [-0.4, -0.2) is 13.0 Å². The topological polar surface area (TPSA) is 64.3 Å². The number of hydrogen-bond acceptors (Lipinski definition) is 3. The van der Waals surface area contributed by atoms with Gasteiger partial charge in [0.15, 0.2) is 0 Å². The van der Waals surface area contributed by atoms with E-state index in [2.05, 4.69) is 5.32 Å². The van der Waals surface area contributed by atoms with E-state index in [9.17, 15) is 9.18 Å². The van der Waals surface area contributed by atoms with Gasteiger partial charge in [0.05, 0.1) is 6.61 Å². The Hall–Kier alpha value is -2.40. The SMILES string of the molecule is COCc1cccc(NCc2cc(C(N)=O)ccc2F)c1. The van der Waals surface area contributed by atoms with Crippen LogP contribution in [0.25, 0.3) is 0 Å². The third-order valence-corrected chi connectivity index (χ3v) is 3.05. The molecule has 0 saturated carbocycles. The number of rotatable bonds is 6. The van der Waals surface area contributed by atoms with Gasteiger partial charge in [-0.2, -0.15) is 0 Å². The van der Waals surface area contributed by atoms with Crippen molar-refractivity contribution in [2.24, 2.45) is 5.73 Å². The summed E-state index contributed by atoms with van der Waals surface area (Å²) in [5.41, 5.74) is 7.76. The van der Waals surface area contributed by atoms with Crippen LogP contribution in [0.1, 0.15) is 21.5 Å². The Morgan fingerprint density at radius 2 is 2.10 bits per heavy atom. The lowest BCUT2D eigenvalue weighted by atomic mass is 10.1. The minimum Gasteiger partial charge on any atom is -0.381 e. The zero-order valence-electron chi connectivity index (χ0n) is 11.7. The second-order valence-corrected chi connectivity index (χ2v) is 4.66. The van der Waals surface area contributed by atoms with Crippen LogP contribution in [0, 0.1) is 5.82 Å². The first-order valence-corrected chi connectivity index (χ1v) is 6.50. The van der Waals surface area contributed by atoms with E-state index in [0.717, 1.165) is 11.3 Å². The number of nitrogens with one attached hydrogen (secondary N) is 1. The highest BCUT2D eigenvalue weighted by Gasteiger charge is 2.07. The Balaban J connectivity index is 2.10. The van der Waals surface area contributed by atoms with E-state index in [1.807, 2.05) is 24.3 Å². The lowest BCUT2D eigenvalue weighted by Gasteiger charge is -2.10. The van der Waals surface area contributed by atoms with Gasteiger partial charge in [-0.05, 0) is 35.9 Å². The molecule has 0 aliphatic heterocycles. The van der Waals surface area contributed by atoms with E-state index in [1.165, 1.54) is 18.2 Å². The van der Waals surface area contributed by atoms with Crippen molar-refractivity contribution in [2.45, 2.75) is 13.2 Å². The molecule has 0 radical (unpaired) electrons. The Labute approximate surface area is 122 Å². The number of anilines is 1. The Morgan fingerprint density at radius 3 is 2.81 bits per heavy atom. The Bertz CT molecular complexity index is 644. The highest BCUT2D eigenvalue weighted by molar-refractivity contribution is 5.92. The molecule has 0 saturated heterocycles. The molecular formula is C16H17FN2O2. The molecule has 0 aliphatic carbocycles. The van der Waals surface area contributed by atoms with E-state index in [-0.39, 0.29) is 12.4 Å². The van der Waals surface area contributed by atoms with Gasteiger partial charge in [0.25, 0.3) is 0 Å². The normalized spacial score (nSPS) is 10.4. The van der Waals surface area contributed by atoms with Crippen LogP contribution in [0.5, 0.6) is 0 Å². The maximum Gasteiger partial charge on any atom is 0.248 e. The van der Waals surface area contributed by atoms with Gasteiger partial charge < -0.3 is 15.8 Å². The standard InChI is InChI=1S/C16H17FN2O2/c1-21-10-11-3-2-4-14(7-11)19-9-13-8-12(16(18)20)5-6-15(13)17/h2-8,19H,9-10H2,1H3,(H2,18,20). The summed E-state index contributed by atoms with van der Waals surface area (Å²) < 4.78 is 18.8. The number of amides is 1. The van der Waals surface area contributed by atoms with Crippen LogP contribution in [-0.2, 0) is 17.9 Å². The summed E-state index contributed by atoms with van der Waals surface area (Å²) in [4.78, 5) is 11.1. The van der Waals surface area contributed by atoms with Crippen LogP contribution >= 0.6 is 0 Å². The van der Waals surface area contributed by atoms with E-state index in [4.69, 9.17) is 10.5 Å². The lowest BCUT2D eigenvalue weighted by Crippen LogP contribution is -2.12. The summed E-state index contributed by atoms with van der Waals surface area (Å²) in [6.07, 6.45) is 0. The molecule has 1 amide bonds. The minimum absolute atomic E-state index is 0.267. The monoisotopic (exact) mass is 288 g/mol. The molecule has 5 heteroatoms. The number of primary amides is 1. The summed E-state index contributed by atoms with van der Waals surface area (Å²) in [6, 6.07) is 11.7. The molecule has 2 rings (SSSR count). The van der Waals surface area contributed by atoms with Gasteiger partial charge in [-0.15, -0.1) is 0 Å². The fraction of sp³-hybridized carbons (Fsp3) is 0.188. The molecule has 0 aromatic heterocycles. The highest BCUT2D eigenvalue weighted by Crippen LogP contribution is 2.15. The van der Waals surface area contributed by atoms with Gasteiger partial charge in [-0.3, -0.25) is 4.79 Å². The quantitative estimate of drug-likeness (QED) is 0.859. The molecule has 0 atom stereocenters. The predicted octanol–water partition coefficient (Wildman–Crippen LogP) is 2.68. The van der Waals surface area contributed by atoms with Crippen molar-refractivity contribution in [1.82, 2.24) is 0 Å². The summed E-state index contributed by atoms with van der Waals surface area (Å²) in [5.74, 6) is -0.945. The number of carbonyl (C=O) groups is 1. The zero-order valence-corrected chi connectivity index (χ0v) is 11.7. The van der Waals surface area contributed by atoms with Crippen molar-refractivity contribution in [3.05, 3.63) is 65.0 Å². The number of methoxy groups -OCH3 is 1. The molecule has 0 bridgehead atoms. The lowest BCUT2D eigenvalue weighted by molar-refractivity contribution is 0.1000. The van der Waals surface area contributed by atoms with E-state index in [0.29, 0.717) is 17.7 Å². The molecular weight excluding hydrogens is 271 g/mol. The molecule has 21 heavy (non-hydrogen) atoms. The van der Waals surface area contributed by atoms with Crippen molar-refractivity contribution in [3.8, 4) is 0 Å². The number of nitrogens with two attached hydrogens (primary N) is 1. The van der Waals surface area contributed by atoms with Crippen molar-refractivity contribution < 1.29 is 13.9 Å². The van der Waals surface area contributed by atoms with E-state index >= 15 is 0 Å². The third kappa shape index (κ3) is 4.03. The summed E-state index contributed by atoms with van der Waals surface area (Å²) in [5, 5.41) is 3.12. The first kappa shape index (κ1) is 15.0. The maximum atomic E-state index is 13.7. The van der Waals surface area contributed by atoms with Gasteiger partial charge in [-0.1, -0.05) is 12.1 Å². The largest absolute Gasteiger partial charge is 0.381 e. The van der Waals surface area contributed by atoms with Crippen molar-refractivity contribution in [1.29, 1.82) is 0 Å². The third-order valence-electron chi connectivity index (χ3n) is 3.05. The molecule has 0 unspecified atom stereocenters. The van der Waals surface area contributed by atoms with Gasteiger partial charge in [-0.25, -0.2) is 4.39 Å². The first-order valence-electron chi connectivity index (χ1n) is 6.50. The van der Waals surface area contributed by atoms with Gasteiger partial charge >= 0.3 is 0 Å². The van der Waals surface area contributed by atoms with Gasteiger partial charge in [0, 0.05) is 30.5 Å². The van der Waals surface area contributed by atoms with Gasteiger partial charge in [0.1, 0.15) is 5.82 Å². The number of carbonyl (C=O) groups excluding carboxylic acids is 1. The molecule has 3 N–H and O–H groups in total. The van der Waals surface area contributed by atoms with Crippen molar-refractivity contribution in [2.75, 3.05) is 12.4 Å². The average Bonchev–Trinajstić information content (AvgIpc) is 2.47. The number of ether oxygens (including phenoxy) is 1. The van der Waals surface area contributed by atoms with Gasteiger partial charge in [0.2, 0.25) is 5.91 Å². The van der Waals surface area contributed by atoms with Crippen molar-refractivity contribution >= 4 is 11.6 Å². The Kier molecular flexibility index (Phi) is 4.90. The van der Waals surface area contributed by atoms with Crippen LogP contribution < -0.4 is 11.1 Å². The number of halogens is 1. The molecule has 2 aromatic rings. The van der Waals surface area contributed by atoms with Crippen LogP contribution in [0.2, 0.25) is 0 Å². The van der Waals surface area contributed by atoms with Crippen LogP contribution in [0.15, 0.2) is 42.5 Å². The molecule has 0 heterocycles. The molecule has 0 fully saturated rings. The van der Waals surface area contributed by atoms with Crippen LogP contribution in [0.4, 0.5) is 10.1 Å². The summed E-state index contributed by atoms with van der Waals surface area (Å²) >= 11 is 0. The molecule has 4 nitrogen and oxygen atoms in total. The van der Waals surface area contributed by atoms with E-state index in [1.54, 1.807) is 7.11 Å². The second-order valence-electron chi connectivity index (χ2n) is 4.66. The minimum atomic E-state index is -0.571. The average molecular weight is 288 g/mol. The fourth-order valence-electron chi connectivity index (χ4n) is 2.00.